The monoisotopic (exact) mass is 298 g/mol. The number of nitrogens with one attached hydrogen (secondary N) is 1. The fourth-order valence-electron chi connectivity index (χ4n) is 2.46. The molecule has 7 nitrogen and oxygen atoms in total. The van der Waals surface area contributed by atoms with Gasteiger partial charge in [0.25, 0.3) is 0 Å². The Morgan fingerprint density at radius 1 is 1.45 bits per heavy atom. The number of hydrogen-bond donors (Lipinski definition) is 1. The molecule has 3 aromatic rings. The van der Waals surface area contributed by atoms with Crippen molar-refractivity contribution in [3.8, 4) is 11.3 Å². The third kappa shape index (κ3) is 2.69. The predicted octanol–water partition coefficient (Wildman–Crippen LogP) is 2.79. The van der Waals surface area contributed by atoms with Crippen molar-refractivity contribution in [2.24, 2.45) is 5.16 Å². The lowest BCUT2D eigenvalue weighted by molar-refractivity contribution is 0.214. The number of aromatic nitrogens is 5. The molecule has 0 bridgehead atoms. The van der Waals surface area contributed by atoms with Crippen LogP contribution in [-0.2, 0) is 4.84 Å². The molecule has 0 aliphatic heterocycles. The van der Waals surface area contributed by atoms with Crippen molar-refractivity contribution >= 4 is 17.2 Å². The average molecular weight is 298 g/mol. The van der Waals surface area contributed by atoms with Crippen LogP contribution in [0.1, 0.15) is 25.8 Å². The number of oxime groups is 1. The number of fused-ring (bicyclic) bond motifs is 1. The van der Waals surface area contributed by atoms with Gasteiger partial charge >= 0.3 is 0 Å². The van der Waals surface area contributed by atoms with Gasteiger partial charge in [-0.3, -0.25) is 4.68 Å². The zero-order valence-electron chi connectivity index (χ0n) is 12.6. The SMILES string of the molecule is CCC(C/C=N/OC)n1cc(-c2ncnc3[nH]ccc23)cn1. The van der Waals surface area contributed by atoms with Gasteiger partial charge < -0.3 is 9.82 Å². The largest absolute Gasteiger partial charge is 0.399 e. The summed E-state index contributed by atoms with van der Waals surface area (Å²) in [5.74, 6) is 0. The summed E-state index contributed by atoms with van der Waals surface area (Å²) in [5.41, 5.74) is 2.70. The van der Waals surface area contributed by atoms with Crippen LogP contribution in [0.3, 0.4) is 0 Å². The summed E-state index contributed by atoms with van der Waals surface area (Å²) < 4.78 is 1.96. The standard InChI is InChI=1S/C15H18N6O/c1-3-12(4-7-20-22-2)21-9-11(8-19-21)14-13-5-6-16-15(13)18-10-17-14/h5-10,12H,3-4H2,1-2H3,(H,16,17,18)/b20-7+. The van der Waals surface area contributed by atoms with Gasteiger partial charge in [-0.15, -0.1) is 0 Å². The Labute approximate surface area is 128 Å². The molecule has 0 aliphatic rings. The molecule has 0 radical (unpaired) electrons. The fourth-order valence-corrected chi connectivity index (χ4v) is 2.46. The van der Waals surface area contributed by atoms with E-state index in [9.17, 15) is 0 Å². The maximum Gasteiger partial charge on any atom is 0.141 e. The summed E-state index contributed by atoms with van der Waals surface area (Å²) in [4.78, 5) is 16.4. The average Bonchev–Trinajstić information content (AvgIpc) is 3.20. The second kappa shape index (κ2) is 6.38. The van der Waals surface area contributed by atoms with Crippen molar-refractivity contribution in [3.63, 3.8) is 0 Å². The van der Waals surface area contributed by atoms with Crippen molar-refractivity contribution in [2.45, 2.75) is 25.8 Å². The molecule has 22 heavy (non-hydrogen) atoms. The van der Waals surface area contributed by atoms with E-state index < -0.39 is 0 Å². The minimum absolute atomic E-state index is 0.246. The lowest BCUT2D eigenvalue weighted by Gasteiger charge is -2.12. The molecule has 1 N–H and O–H groups in total. The van der Waals surface area contributed by atoms with Gasteiger partial charge in [0.15, 0.2) is 0 Å². The number of nitrogens with zero attached hydrogens (tertiary/aromatic N) is 5. The van der Waals surface area contributed by atoms with Crippen LogP contribution in [-0.4, -0.2) is 38.1 Å². The third-order valence-corrected chi connectivity index (χ3v) is 3.63. The smallest absolute Gasteiger partial charge is 0.141 e. The van der Waals surface area contributed by atoms with Crippen LogP contribution in [0.4, 0.5) is 0 Å². The van der Waals surface area contributed by atoms with E-state index in [1.54, 1.807) is 19.7 Å². The maximum absolute atomic E-state index is 4.71. The number of H-pyrrole nitrogens is 1. The quantitative estimate of drug-likeness (QED) is 0.560. The van der Waals surface area contributed by atoms with Gasteiger partial charge in [-0.05, 0) is 12.5 Å². The summed E-state index contributed by atoms with van der Waals surface area (Å²) in [6, 6.07) is 2.22. The second-order valence-corrected chi connectivity index (χ2v) is 4.94. The summed E-state index contributed by atoms with van der Waals surface area (Å²) in [5, 5.41) is 9.27. The minimum Gasteiger partial charge on any atom is -0.399 e. The molecule has 0 aromatic carbocycles. The molecular weight excluding hydrogens is 280 g/mol. The van der Waals surface area contributed by atoms with E-state index in [1.165, 1.54) is 0 Å². The molecule has 7 heteroatoms. The Kier molecular flexibility index (Phi) is 4.13. The number of rotatable bonds is 6. The highest BCUT2D eigenvalue weighted by atomic mass is 16.6. The topological polar surface area (TPSA) is 81.0 Å². The zero-order valence-corrected chi connectivity index (χ0v) is 12.6. The van der Waals surface area contributed by atoms with Gasteiger partial charge in [0, 0.05) is 36.0 Å². The maximum atomic E-state index is 4.71. The van der Waals surface area contributed by atoms with Crippen LogP contribution >= 0.6 is 0 Å². The molecule has 3 heterocycles. The molecule has 0 amide bonds. The Bertz CT molecular complexity index is 775. The van der Waals surface area contributed by atoms with Crippen LogP contribution in [0.2, 0.25) is 0 Å². The van der Waals surface area contributed by atoms with Crippen molar-refractivity contribution < 1.29 is 4.84 Å². The van der Waals surface area contributed by atoms with Crippen LogP contribution in [0.15, 0.2) is 36.1 Å². The predicted molar refractivity (Wildman–Crippen MR) is 84.6 cm³/mol. The van der Waals surface area contributed by atoms with Gasteiger partial charge in [-0.25, -0.2) is 9.97 Å². The van der Waals surface area contributed by atoms with E-state index in [0.29, 0.717) is 0 Å². The van der Waals surface area contributed by atoms with Crippen molar-refractivity contribution in [1.29, 1.82) is 0 Å². The van der Waals surface area contributed by atoms with Gasteiger partial charge in [0.05, 0.1) is 17.9 Å². The van der Waals surface area contributed by atoms with E-state index in [2.05, 4.69) is 32.1 Å². The Hall–Kier alpha value is -2.70. The Morgan fingerprint density at radius 3 is 3.18 bits per heavy atom. The lowest BCUT2D eigenvalue weighted by atomic mass is 10.1. The first kappa shape index (κ1) is 14.2. The fraction of sp³-hybridized carbons (Fsp3) is 0.333. The van der Waals surface area contributed by atoms with Crippen molar-refractivity contribution in [3.05, 3.63) is 31.0 Å². The highest BCUT2D eigenvalue weighted by Crippen LogP contribution is 2.25. The molecule has 1 atom stereocenters. The normalized spacial score (nSPS) is 13.0. The summed E-state index contributed by atoms with van der Waals surface area (Å²) in [6.07, 6.45) is 10.8. The van der Waals surface area contributed by atoms with Crippen LogP contribution < -0.4 is 0 Å². The van der Waals surface area contributed by atoms with Gasteiger partial charge in [0.2, 0.25) is 0 Å². The van der Waals surface area contributed by atoms with E-state index in [4.69, 9.17) is 4.84 Å². The molecule has 0 saturated heterocycles. The van der Waals surface area contributed by atoms with Crippen LogP contribution in [0, 0.1) is 0 Å². The second-order valence-electron chi connectivity index (χ2n) is 4.94. The summed E-state index contributed by atoms with van der Waals surface area (Å²) >= 11 is 0. The lowest BCUT2D eigenvalue weighted by Crippen LogP contribution is -2.09. The number of aromatic amines is 1. The van der Waals surface area contributed by atoms with Crippen LogP contribution in [0.25, 0.3) is 22.3 Å². The summed E-state index contributed by atoms with van der Waals surface area (Å²) in [6.45, 7) is 2.13. The molecule has 3 aromatic heterocycles. The Morgan fingerprint density at radius 2 is 2.36 bits per heavy atom. The molecule has 1 unspecified atom stereocenters. The van der Waals surface area contributed by atoms with E-state index in [1.807, 2.05) is 29.3 Å². The molecule has 114 valence electrons. The van der Waals surface area contributed by atoms with Crippen molar-refractivity contribution in [1.82, 2.24) is 24.7 Å². The van der Waals surface area contributed by atoms with Gasteiger partial charge in [-0.2, -0.15) is 5.10 Å². The number of hydrogen-bond acceptors (Lipinski definition) is 5. The minimum atomic E-state index is 0.246. The molecule has 0 spiro atoms. The van der Waals surface area contributed by atoms with E-state index in [0.717, 1.165) is 35.1 Å². The first-order chi connectivity index (χ1) is 10.8. The third-order valence-electron chi connectivity index (χ3n) is 3.63. The Balaban J connectivity index is 1.89. The first-order valence-corrected chi connectivity index (χ1v) is 7.21. The van der Waals surface area contributed by atoms with E-state index in [-0.39, 0.29) is 6.04 Å². The van der Waals surface area contributed by atoms with E-state index >= 15 is 0 Å². The molecule has 0 fully saturated rings. The highest BCUT2D eigenvalue weighted by molar-refractivity contribution is 5.89. The summed E-state index contributed by atoms with van der Waals surface area (Å²) in [7, 11) is 1.54. The van der Waals surface area contributed by atoms with Crippen molar-refractivity contribution in [2.75, 3.05) is 7.11 Å². The van der Waals surface area contributed by atoms with Crippen LogP contribution in [0.5, 0.6) is 0 Å². The molecule has 0 saturated carbocycles. The molecule has 3 rings (SSSR count). The molecule has 0 aliphatic carbocycles. The van der Waals surface area contributed by atoms with Gasteiger partial charge in [0.1, 0.15) is 19.1 Å². The first-order valence-electron chi connectivity index (χ1n) is 7.21. The molecular formula is C15H18N6O. The highest BCUT2D eigenvalue weighted by Gasteiger charge is 2.13. The zero-order chi connectivity index (χ0) is 15.4. The van der Waals surface area contributed by atoms with Gasteiger partial charge in [-0.1, -0.05) is 12.1 Å².